The van der Waals surface area contributed by atoms with E-state index in [1.54, 1.807) is 0 Å². The molecule has 0 spiro atoms. The SMILES string of the molecule is CCCCCCCCCCCCCCCCCCC(=O)OC[C@H](COP(=O)(O)OC[C@@H](O)COP(=O)(O)OC[C@@H](COC(=O)CCCCCCC)OC(=O)CCCCCCCCCCCCC(C)CC)OC(=O)CCCCCCCCCCCCCCCCCCCCC(C)C. The third kappa shape index (κ3) is 69.2. The molecule has 0 aliphatic heterocycles. The second-order valence-electron chi connectivity index (χ2n) is 28.5. The normalized spacial score (nSPS) is 14.3. The molecule has 0 saturated carbocycles. The zero-order chi connectivity index (χ0) is 70.7. The Hall–Kier alpha value is -1.94. The van der Waals surface area contributed by atoms with Gasteiger partial charge in [0, 0.05) is 25.7 Å². The van der Waals surface area contributed by atoms with Crippen molar-refractivity contribution in [2.75, 3.05) is 39.6 Å². The number of carbonyl (C=O) groups is 4. The summed E-state index contributed by atoms with van der Waals surface area (Å²) in [6, 6.07) is 0. The molecule has 0 aromatic rings. The predicted octanol–water partition coefficient (Wildman–Crippen LogP) is 22.7. The average molecular weight is 1410 g/mol. The summed E-state index contributed by atoms with van der Waals surface area (Å²) in [4.78, 5) is 72.6. The molecule has 3 N–H and O–H groups in total. The van der Waals surface area contributed by atoms with Gasteiger partial charge in [0.15, 0.2) is 12.2 Å². The van der Waals surface area contributed by atoms with Gasteiger partial charge in [-0.25, -0.2) is 9.13 Å². The van der Waals surface area contributed by atoms with E-state index in [9.17, 15) is 43.2 Å². The number of aliphatic hydroxyl groups excluding tert-OH is 1. The van der Waals surface area contributed by atoms with Gasteiger partial charge in [0.2, 0.25) is 0 Å². The van der Waals surface area contributed by atoms with Crippen molar-refractivity contribution in [1.82, 2.24) is 0 Å². The number of rotatable bonds is 76. The first kappa shape index (κ1) is 94.1. The standard InChI is InChI=1S/C77H150O17P2/c1-7-10-12-14-15-16-17-18-19-25-28-31-37-42-48-54-60-75(80)88-66-73(94-77(82)61-55-49-43-38-32-29-26-23-21-20-22-24-27-30-35-40-46-51-57-69(4)5)68-92-96(85,86)90-64-71(78)63-89-95(83,84)91-67-72(65-87-74(79)59-53-45-13-11-8-2)93-76(81)62-56-50-44-39-34-33-36-41-47-52-58-70(6)9-3/h69-73,78H,7-68H2,1-6H3,(H,83,84)(H,85,86)/t70?,71-,72+,73+/m0/s1. The molecular formula is C77H150O17P2. The number of ether oxygens (including phenoxy) is 4. The van der Waals surface area contributed by atoms with Crippen molar-refractivity contribution < 1.29 is 80.2 Å². The van der Waals surface area contributed by atoms with E-state index in [0.29, 0.717) is 25.7 Å². The maximum absolute atomic E-state index is 13.1. The largest absolute Gasteiger partial charge is 0.472 e. The molecule has 0 saturated heterocycles. The molecule has 0 bridgehead atoms. The van der Waals surface area contributed by atoms with Crippen LogP contribution in [0.25, 0.3) is 0 Å². The van der Waals surface area contributed by atoms with Crippen LogP contribution in [-0.2, 0) is 65.4 Å². The molecule has 6 atom stereocenters. The lowest BCUT2D eigenvalue weighted by Gasteiger charge is -2.21. The summed E-state index contributed by atoms with van der Waals surface area (Å²) in [5, 5.41) is 10.6. The number of hydrogen-bond acceptors (Lipinski definition) is 15. The molecule has 0 heterocycles. The molecule has 17 nitrogen and oxygen atoms in total. The molecule has 0 aliphatic rings. The van der Waals surface area contributed by atoms with Crippen molar-refractivity contribution in [3.05, 3.63) is 0 Å². The van der Waals surface area contributed by atoms with Crippen LogP contribution >= 0.6 is 15.6 Å². The Kier molecular flexibility index (Phi) is 67.4. The minimum Gasteiger partial charge on any atom is -0.462 e. The van der Waals surface area contributed by atoms with E-state index in [2.05, 4.69) is 41.5 Å². The van der Waals surface area contributed by atoms with Gasteiger partial charge in [-0.1, -0.05) is 350 Å². The summed E-state index contributed by atoms with van der Waals surface area (Å²) in [7, 11) is -9.90. The molecule has 0 aromatic heterocycles. The van der Waals surface area contributed by atoms with Crippen molar-refractivity contribution in [2.45, 2.75) is 419 Å². The maximum Gasteiger partial charge on any atom is 0.472 e. The first-order chi connectivity index (χ1) is 46.4. The lowest BCUT2D eigenvalue weighted by atomic mass is 9.99. The fourth-order valence-corrected chi connectivity index (χ4v) is 13.4. The van der Waals surface area contributed by atoms with Crippen LogP contribution in [0.15, 0.2) is 0 Å². The molecule has 570 valence electrons. The smallest absolute Gasteiger partial charge is 0.462 e. The number of unbranched alkanes of at least 4 members (excludes halogenated alkanes) is 45. The second kappa shape index (κ2) is 68.8. The second-order valence-corrected chi connectivity index (χ2v) is 31.4. The molecule has 0 aromatic carbocycles. The first-order valence-corrected chi connectivity index (χ1v) is 43.0. The van der Waals surface area contributed by atoms with Gasteiger partial charge in [-0.2, -0.15) is 0 Å². The minimum absolute atomic E-state index is 0.105. The predicted molar refractivity (Wildman–Crippen MR) is 391 cm³/mol. The number of phosphoric acid groups is 2. The number of esters is 4. The molecule has 0 radical (unpaired) electrons. The van der Waals surface area contributed by atoms with Gasteiger partial charge in [0.05, 0.1) is 26.4 Å². The summed E-state index contributed by atoms with van der Waals surface area (Å²) in [5.74, 6) is -0.501. The summed E-state index contributed by atoms with van der Waals surface area (Å²) >= 11 is 0. The summed E-state index contributed by atoms with van der Waals surface area (Å²) in [6.07, 6.45) is 57.3. The van der Waals surface area contributed by atoms with E-state index in [-0.39, 0.29) is 25.7 Å². The van der Waals surface area contributed by atoms with E-state index in [1.165, 1.54) is 212 Å². The van der Waals surface area contributed by atoms with Crippen molar-refractivity contribution in [3.8, 4) is 0 Å². The topological polar surface area (TPSA) is 237 Å². The van der Waals surface area contributed by atoms with Gasteiger partial charge in [0.1, 0.15) is 19.3 Å². The number of aliphatic hydroxyl groups is 1. The van der Waals surface area contributed by atoms with Crippen molar-refractivity contribution in [2.24, 2.45) is 11.8 Å². The first-order valence-electron chi connectivity index (χ1n) is 40.0. The highest BCUT2D eigenvalue weighted by Gasteiger charge is 2.30. The van der Waals surface area contributed by atoms with Gasteiger partial charge in [-0.05, 0) is 37.5 Å². The molecule has 19 heteroatoms. The van der Waals surface area contributed by atoms with Gasteiger partial charge < -0.3 is 33.8 Å². The fourth-order valence-electron chi connectivity index (χ4n) is 11.8. The van der Waals surface area contributed by atoms with Gasteiger partial charge >= 0.3 is 39.5 Å². The number of hydrogen-bond donors (Lipinski definition) is 3. The molecule has 0 aliphatic carbocycles. The zero-order valence-electron chi connectivity index (χ0n) is 62.7. The molecule has 3 unspecified atom stereocenters. The molecule has 0 rings (SSSR count). The highest BCUT2D eigenvalue weighted by atomic mass is 31.2. The zero-order valence-corrected chi connectivity index (χ0v) is 64.5. The van der Waals surface area contributed by atoms with Crippen LogP contribution in [0.3, 0.4) is 0 Å². The molecule has 0 fully saturated rings. The third-order valence-electron chi connectivity index (χ3n) is 18.3. The minimum atomic E-state index is -4.96. The number of phosphoric ester groups is 2. The van der Waals surface area contributed by atoms with E-state index < -0.39 is 97.5 Å². The quantitative estimate of drug-likeness (QED) is 0.0222. The Labute approximate surface area is 588 Å². The maximum atomic E-state index is 13.1. The van der Waals surface area contributed by atoms with Crippen molar-refractivity contribution in [3.63, 3.8) is 0 Å². The van der Waals surface area contributed by atoms with E-state index in [0.717, 1.165) is 108 Å². The fraction of sp³-hybridized carbons (Fsp3) is 0.948. The Balaban J connectivity index is 5.13. The van der Waals surface area contributed by atoms with Crippen LogP contribution < -0.4 is 0 Å². The van der Waals surface area contributed by atoms with Crippen LogP contribution in [0.2, 0.25) is 0 Å². The van der Waals surface area contributed by atoms with Crippen LogP contribution in [0, 0.1) is 11.8 Å². The van der Waals surface area contributed by atoms with Gasteiger partial charge in [-0.15, -0.1) is 0 Å². The highest BCUT2D eigenvalue weighted by Crippen LogP contribution is 2.45. The Morgan fingerprint density at radius 3 is 0.792 bits per heavy atom. The van der Waals surface area contributed by atoms with E-state index in [4.69, 9.17) is 37.0 Å². The molecule has 96 heavy (non-hydrogen) atoms. The number of carbonyl (C=O) groups excluding carboxylic acids is 4. The van der Waals surface area contributed by atoms with Gasteiger partial charge in [0.25, 0.3) is 0 Å². The van der Waals surface area contributed by atoms with Crippen LogP contribution in [0.5, 0.6) is 0 Å². The lowest BCUT2D eigenvalue weighted by Crippen LogP contribution is -2.30. The Bertz CT molecular complexity index is 1860. The van der Waals surface area contributed by atoms with E-state index in [1.807, 2.05) is 0 Å². The summed E-state index contributed by atoms with van der Waals surface area (Å²) < 4.78 is 68.3. The Morgan fingerprint density at radius 2 is 0.531 bits per heavy atom. The Morgan fingerprint density at radius 1 is 0.302 bits per heavy atom. The van der Waals surface area contributed by atoms with Gasteiger partial charge in [-0.3, -0.25) is 37.3 Å². The van der Waals surface area contributed by atoms with Crippen molar-refractivity contribution in [1.29, 1.82) is 0 Å². The molecular weight excluding hydrogens is 1260 g/mol. The highest BCUT2D eigenvalue weighted by molar-refractivity contribution is 7.47. The third-order valence-corrected chi connectivity index (χ3v) is 20.2. The lowest BCUT2D eigenvalue weighted by molar-refractivity contribution is -0.161. The average Bonchev–Trinajstić information content (AvgIpc) is 2.18. The van der Waals surface area contributed by atoms with Crippen LogP contribution in [0.1, 0.15) is 401 Å². The molecule has 0 amide bonds. The van der Waals surface area contributed by atoms with Crippen LogP contribution in [0.4, 0.5) is 0 Å². The summed E-state index contributed by atoms with van der Waals surface area (Å²) in [5.41, 5.74) is 0. The summed E-state index contributed by atoms with van der Waals surface area (Å²) in [6.45, 7) is 9.58. The monoisotopic (exact) mass is 1410 g/mol. The van der Waals surface area contributed by atoms with E-state index >= 15 is 0 Å². The van der Waals surface area contributed by atoms with Crippen molar-refractivity contribution >= 4 is 39.5 Å². The van der Waals surface area contributed by atoms with Crippen LogP contribution in [-0.4, -0.2) is 96.7 Å².